The van der Waals surface area contributed by atoms with E-state index >= 15 is 0 Å². The van der Waals surface area contributed by atoms with Crippen LogP contribution in [0.2, 0.25) is 0 Å². The number of aromatic nitrogens is 2. The molecule has 1 aromatic rings. The second-order valence-corrected chi connectivity index (χ2v) is 6.07. The zero-order valence-corrected chi connectivity index (χ0v) is 13.0. The van der Waals surface area contributed by atoms with Crippen molar-refractivity contribution in [2.75, 3.05) is 24.3 Å². The molecule has 1 saturated carbocycles. The van der Waals surface area contributed by atoms with E-state index < -0.39 is 0 Å². The molecule has 5 nitrogen and oxygen atoms in total. The Morgan fingerprint density at radius 3 is 2.70 bits per heavy atom. The molecule has 0 saturated heterocycles. The minimum Gasteiger partial charge on any atom is -0.490 e. The first kappa shape index (κ1) is 14.9. The lowest BCUT2D eigenvalue weighted by molar-refractivity contribution is 0.216. The van der Waals surface area contributed by atoms with Gasteiger partial charge in [0.2, 0.25) is 5.75 Å². The molecule has 0 aromatic carbocycles. The third-order valence-corrected chi connectivity index (χ3v) is 4.17. The molecule has 0 radical (unpaired) electrons. The van der Waals surface area contributed by atoms with E-state index in [-0.39, 0.29) is 5.41 Å². The molecule has 1 unspecified atom stereocenters. The van der Waals surface area contributed by atoms with E-state index in [0.717, 1.165) is 18.2 Å². The Labute approximate surface area is 121 Å². The molecular formula is C15H26N4O. The van der Waals surface area contributed by atoms with Crippen LogP contribution in [-0.4, -0.2) is 29.7 Å². The molecule has 1 aromatic heterocycles. The second-order valence-electron chi connectivity index (χ2n) is 6.07. The van der Waals surface area contributed by atoms with E-state index in [1.807, 2.05) is 6.92 Å². The summed E-state index contributed by atoms with van der Waals surface area (Å²) in [5, 5.41) is 6.78. The Morgan fingerprint density at radius 1 is 1.30 bits per heavy atom. The van der Waals surface area contributed by atoms with Crippen molar-refractivity contribution >= 4 is 11.6 Å². The number of anilines is 2. The average Bonchev–Trinajstić information content (AvgIpc) is 2.42. The molecule has 20 heavy (non-hydrogen) atoms. The number of methoxy groups -OCH3 is 1. The maximum Gasteiger partial charge on any atom is 0.204 e. The van der Waals surface area contributed by atoms with Gasteiger partial charge in [0.05, 0.1) is 7.11 Å². The van der Waals surface area contributed by atoms with Crippen molar-refractivity contribution in [2.24, 2.45) is 5.41 Å². The standard InChI is InChI=1S/C15H26N4O/c1-5-16-13-12(20-4)14(18-10-17-13)19-11-8-6-7-9-15(11,2)3/h10-11H,5-9H2,1-4H3,(H2,16,17,18,19). The van der Waals surface area contributed by atoms with Gasteiger partial charge in [-0.05, 0) is 25.2 Å². The van der Waals surface area contributed by atoms with Gasteiger partial charge in [-0.2, -0.15) is 0 Å². The summed E-state index contributed by atoms with van der Waals surface area (Å²) in [4.78, 5) is 8.61. The third kappa shape index (κ3) is 3.14. The molecule has 5 heteroatoms. The Kier molecular flexibility index (Phi) is 4.68. The molecule has 1 aliphatic rings. The van der Waals surface area contributed by atoms with Crippen LogP contribution in [0.25, 0.3) is 0 Å². The molecule has 1 aliphatic carbocycles. The number of nitrogens with zero attached hydrogens (tertiary/aromatic N) is 2. The molecule has 0 aliphatic heterocycles. The molecule has 112 valence electrons. The molecule has 1 atom stereocenters. The fourth-order valence-electron chi connectivity index (χ4n) is 2.89. The van der Waals surface area contributed by atoms with Gasteiger partial charge in [0.15, 0.2) is 11.6 Å². The van der Waals surface area contributed by atoms with Crippen molar-refractivity contribution in [2.45, 2.75) is 52.5 Å². The van der Waals surface area contributed by atoms with Gasteiger partial charge in [-0.1, -0.05) is 26.7 Å². The molecule has 2 rings (SSSR count). The fourth-order valence-corrected chi connectivity index (χ4v) is 2.89. The van der Waals surface area contributed by atoms with Gasteiger partial charge >= 0.3 is 0 Å². The number of ether oxygens (including phenoxy) is 1. The Bertz CT molecular complexity index is 447. The van der Waals surface area contributed by atoms with Gasteiger partial charge in [-0.25, -0.2) is 9.97 Å². The van der Waals surface area contributed by atoms with Crippen LogP contribution in [0.1, 0.15) is 46.5 Å². The maximum atomic E-state index is 5.49. The quantitative estimate of drug-likeness (QED) is 0.865. The zero-order valence-electron chi connectivity index (χ0n) is 13.0. The molecule has 1 fully saturated rings. The van der Waals surface area contributed by atoms with Crippen LogP contribution in [0, 0.1) is 5.41 Å². The minimum atomic E-state index is 0.284. The summed E-state index contributed by atoms with van der Waals surface area (Å²) < 4.78 is 5.49. The van der Waals surface area contributed by atoms with Crippen LogP contribution in [-0.2, 0) is 0 Å². The van der Waals surface area contributed by atoms with Crippen molar-refractivity contribution in [1.29, 1.82) is 0 Å². The lowest BCUT2D eigenvalue weighted by Crippen LogP contribution is -2.39. The van der Waals surface area contributed by atoms with Crippen LogP contribution < -0.4 is 15.4 Å². The summed E-state index contributed by atoms with van der Waals surface area (Å²) in [6.07, 6.45) is 6.59. The summed E-state index contributed by atoms with van der Waals surface area (Å²) in [5.74, 6) is 2.25. The first-order chi connectivity index (χ1) is 9.58. The first-order valence-electron chi connectivity index (χ1n) is 7.48. The molecular weight excluding hydrogens is 252 g/mol. The van der Waals surface area contributed by atoms with Crippen LogP contribution >= 0.6 is 0 Å². The number of hydrogen-bond donors (Lipinski definition) is 2. The Hall–Kier alpha value is -1.52. The van der Waals surface area contributed by atoms with Gasteiger partial charge in [0.1, 0.15) is 6.33 Å². The predicted octanol–water partition coefficient (Wildman–Crippen LogP) is 3.30. The van der Waals surface area contributed by atoms with Gasteiger partial charge < -0.3 is 15.4 Å². The summed E-state index contributed by atoms with van der Waals surface area (Å²) in [6, 6.07) is 0.425. The minimum absolute atomic E-state index is 0.284. The van der Waals surface area contributed by atoms with E-state index in [1.165, 1.54) is 25.7 Å². The lowest BCUT2D eigenvalue weighted by Gasteiger charge is -2.39. The highest BCUT2D eigenvalue weighted by molar-refractivity contribution is 5.63. The number of nitrogens with one attached hydrogen (secondary N) is 2. The van der Waals surface area contributed by atoms with Gasteiger partial charge in [0, 0.05) is 12.6 Å². The lowest BCUT2D eigenvalue weighted by atomic mass is 9.73. The van der Waals surface area contributed by atoms with Gasteiger partial charge in [-0.15, -0.1) is 0 Å². The van der Waals surface area contributed by atoms with Crippen molar-refractivity contribution in [1.82, 2.24) is 9.97 Å². The van der Waals surface area contributed by atoms with Crippen LogP contribution in [0.15, 0.2) is 6.33 Å². The van der Waals surface area contributed by atoms with Gasteiger partial charge in [-0.3, -0.25) is 0 Å². The zero-order chi connectivity index (χ0) is 14.6. The molecule has 2 N–H and O–H groups in total. The molecule has 0 spiro atoms. The third-order valence-electron chi connectivity index (χ3n) is 4.17. The van der Waals surface area contributed by atoms with E-state index in [4.69, 9.17) is 4.74 Å². The van der Waals surface area contributed by atoms with Crippen molar-refractivity contribution in [3.05, 3.63) is 6.33 Å². The number of hydrogen-bond acceptors (Lipinski definition) is 5. The van der Waals surface area contributed by atoms with E-state index in [9.17, 15) is 0 Å². The highest BCUT2D eigenvalue weighted by atomic mass is 16.5. The van der Waals surface area contributed by atoms with Crippen molar-refractivity contribution in [3.8, 4) is 5.75 Å². The highest BCUT2D eigenvalue weighted by Gasteiger charge is 2.33. The maximum absolute atomic E-state index is 5.49. The topological polar surface area (TPSA) is 59.1 Å². The van der Waals surface area contributed by atoms with Crippen molar-refractivity contribution in [3.63, 3.8) is 0 Å². The average molecular weight is 278 g/mol. The molecule has 1 heterocycles. The smallest absolute Gasteiger partial charge is 0.204 e. The SMILES string of the molecule is CCNc1ncnc(NC2CCCCC2(C)C)c1OC. The molecule has 0 bridgehead atoms. The Morgan fingerprint density at radius 2 is 2.05 bits per heavy atom. The van der Waals surface area contributed by atoms with Gasteiger partial charge in [0.25, 0.3) is 0 Å². The van der Waals surface area contributed by atoms with Crippen molar-refractivity contribution < 1.29 is 4.74 Å². The summed E-state index contributed by atoms with van der Waals surface area (Å²) in [7, 11) is 1.66. The second kappa shape index (κ2) is 6.29. The summed E-state index contributed by atoms with van der Waals surface area (Å²) in [6.45, 7) is 7.49. The van der Waals surface area contributed by atoms with Crippen LogP contribution in [0.3, 0.4) is 0 Å². The fraction of sp³-hybridized carbons (Fsp3) is 0.733. The predicted molar refractivity (Wildman–Crippen MR) is 82.4 cm³/mol. The monoisotopic (exact) mass is 278 g/mol. The largest absolute Gasteiger partial charge is 0.490 e. The van der Waals surface area contributed by atoms with Crippen LogP contribution in [0.5, 0.6) is 5.75 Å². The summed E-state index contributed by atoms with van der Waals surface area (Å²) >= 11 is 0. The van der Waals surface area contributed by atoms with E-state index in [2.05, 4.69) is 34.4 Å². The summed E-state index contributed by atoms with van der Waals surface area (Å²) in [5.41, 5.74) is 0.284. The Balaban J connectivity index is 2.22. The number of rotatable bonds is 5. The van der Waals surface area contributed by atoms with E-state index in [1.54, 1.807) is 13.4 Å². The van der Waals surface area contributed by atoms with Crippen LogP contribution in [0.4, 0.5) is 11.6 Å². The molecule has 0 amide bonds. The first-order valence-corrected chi connectivity index (χ1v) is 7.48. The normalized spacial score (nSPS) is 21.3. The highest BCUT2D eigenvalue weighted by Crippen LogP contribution is 2.39. The van der Waals surface area contributed by atoms with E-state index in [0.29, 0.717) is 11.8 Å².